The summed E-state index contributed by atoms with van der Waals surface area (Å²) in [6.45, 7) is 13.3. The van der Waals surface area contributed by atoms with Gasteiger partial charge in [0, 0.05) is 0 Å². The first-order valence-electron chi connectivity index (χ1n) is 24.6. The van der Waals surface area contributed by atoms with Crippen LogP contribution >= 0.6 is 0 Å². The third kappa shape index (κ3) is 31.8. The molecule has 0 unspecified atom stereocenters. The van der Waals surface area contributed by atoms with Gasteiger partial charge in [0.2, 0.25) is 5.75 Å². The van der Waals surface area contributed by atoms with Crippen LogP contribution in [-0.4, -0.2) is 19.8 Å². The summed E-state index contributed by atoms with van der Waals surface area (Å²) in [5.74, 6) is 2.60. The maximum absolute atomic E-state index is 6.56. The van der Waals surface area contributed by atoms with Gasteiger partial charge in [-0.2, -0.15) is 0 Å². The van der Waals surface area contributed by atoms with Crippen molar-refractivity contribution in [2.24, 2.45) is 0 Å². The van der Waals surface area contributed by atoms with E-state index in [1.54, 1.807) is 0 Å². The zero-order chi connectivity index (χ0) is 38.8. The van der Waals surface area contributed by atoms with Gasteiger partial charge in [-0.1, -0.05) is 240 Å². The summed E-state index contributed by atoms with van der Waals surface area (Å²) in [6.07, 6.45) is 50.5. The minimum Gasteiger partial charge on any atom is -0.490 e. The number of ether oxygens (including phenoxy) is 3. The van der Waals surface area contributed by atoms with E-state index in [4.69, 9.17) is 14.2 Å². The Morgan fingerprint density at radius 2 is 0.574 bits per heavy atom. The lowest BCUT2D eigenvalue weighted by atomic mass is 10.1. The number of hydrogen-bond donors (Lipinski definition) is 0. The van der Waals surface area contributed by atoms with E-state index < -0.39 is 0 Å². The van der Waals surface area contributed by atoms with Crippen molar-refractivity contribution < 1.29 is 14.2 Å². The minimum atomic E-state index is 0.732. The SMILES string of the molecule is [CH2]CCc1cc(OCCCCCCCCCCCCCC)c(OCCCCCCCCCCCCCC)c(OCCCCCCCCCCCCCC)c1. The van der Waals surface area contributed by atoms with Gasteiger partial charge in [-0.3, -0.25) is 0 Å². The van der Waals surface area contributed by atoms with Crippen LogP contribution < -0.4 is 14.2 Å². The van der Waals surface area contributed by atoms with Crippen molar-refractivity contribution in [2.75, 3.05) is 19.8 Å². The Morgan fingerprint density at radius 3 is 0.833 bits per heavy atom. The van der Waals surface area contributed by atoms with E-state index in [0.29, 0.717) is 0 Å². The summed E-state index contributed by atoms with van der Waals surface area (Å²) >= 11 is 0. The first-order chi connectivity index (χ1) is 26.8. The summed E-state index contributed by atoms with van der Waals surface area (Å²) in [5.41, 5.74) is 1.25. The van der Waals surface area contributed by atoms with Crippen LogP contribution in [0.4, 0.5) is 0 Å². The van der Waals surface area contributed by atoms with Crippen molar-refractivity contribution in [3.8, 4) is 17.2 Å². The Hall–Kier alpha value is -1.38. The van der Waals surface area contributed by atoms with Gasteiger partial charge in [-0.25, -0.2) is 0 Å². The number of rotatable bonds is 44. The number of unbranched alkanes of at least 4 members (excludes halogenated alkanes) is 33. The highest BCUT2D eigenvalue weighted by Gasteiger charge is 2.16. The maximum atomic E-state index is 6.56. The third-order valence-electron chi connectivity index (χ3n) is 11.3. The average Bonchev–Trinajstić information content (AvgIpc) is 3.18. The Labute approximate surface area is 339 Å². The van der Waals surface area contributed by atoms with Gasteiger partial charge >= 0.3 is 0 Å². The third-order valence-corrected chi connectivity index (χ3v) is 11.3. The zero-order valence-corrected chi connectivity index (χ0v) is 37.1. The predicted molar refractivity (Wildman–Crippen MR) is 240 cm³/mol. The first-order valence-corrected chi connectivity index (χ1v) is 24.6. The fourth-order valence-electron chi connectivity index (χ4n) is 7.70. The molecule has 0 fully saturated rings. The van der Waals surface area contributed by atoms with Crippen molar-refractivity contribution in [1.82, 2.24) is 0 Å². The number of hydrogen-bond acceptors (Lipinski definition) is 3. The van der Waals surface area contributed by atoms with Crippen LogP contribution in [-0.2, 0) is 6.42 Å². The van der Waals surface area contributed by atoms with Gasteiger partial charge in [0.05, 0.1) is 19.8 Å². The lowest BCUT2D eigenvalue weighted by Gasteiger charge is -2.19. The van der Waals surface area contributed by atoms with Gasteiger partial charge < -0.3 is 14.2 Å². The molecule has 1 aromatic carbocycles. The van der Waals surface area contributed by atoms with Gasteiger partial charge in [0.25, 0.3) is 0 Å². The molecule has 3 heteroatoms. The normalized spacial score (nSPS) is 11.4. The Balaban J connectivity index is 2.54. The standard InChI is InChI=1S/C51H95O3/c1-5-9-12-15-18-21-24-27-30-33-36-39-43-52-49-46-48(42-8-4)47-50(53-44-40-37-34-31-28-25-22-19-16-13-10-6-2)51(49)54-45-41-38-35-32-29-26-23-20-17-14-11-7-3/h46-47H,4-45H2,1-3H3. The van der Waals surface area contributed by atoms with E-state index in [0.717, 1.165) is 69.2 Å². The molecule has 0 aliphatic rings. The summed E-state index contributed by atoms with van der Waals surface area (Å²) in [4.78, 5) is 0. The molecule has 0 aromatic heterocycles. The fourth-order valence-corrected chi connectivity index (χ4v) is 7.70. The smallest absolute Gasteiger partial charge is 0.203 e. The quantitative estimate of drug-likeness (QED) is 0.0621. The Kier molecular flexibility index (Phi) is 38.7. The second-order valence-electron chi connectivity index (χ2n) is 16.7. The van der Waals surface area contributed by atoms with Crippen molar-refractivity contribution in [1.29, 1.82) is 0 Å². The maximum Gasteiger partial charge on any atom is 0.203 e. The molecule has 1 rings (SSSR count). The molecule has 1 radical (unpaired) electrons. The molecular formula is C51H95O3. The van der Waals surface area contributed by atoms with Crippen LogP contribution in [0.25, 0.3) is 0 Å². The topological polar surface area (TPSA) is 27.7 Å². The molecule has 0 atom stereocenters. The van der Waals surface area contributed by atoms with E-state index >= 15 is 0 Å². The van der Waals surface area contributed by atoms with E-state index in [1.165, 1.54) is 217 Å². The molecule has 54 heavy (non-hydrogen) atoms. The van der Waals surface area contributed by atoms with Crippen LogP contribution in [0.5, 0.6) is 17.2 Å². The van der Waals surface area contributed by atoms with Crippen LogP contribution in [0.3, 0.4) is 0 Å². The summed E-state index contributed by atoms with van der Waals surface area (Å²) in [6, 6.07) is 4.42. The van der Waals surface area contributed by atoms with Gasteiger partial charge in [-0.15, -0.1) is 0 Å². The summed E-state index contributed by atoms with van der Waals surface area (Å²) < 4.78 is 19.6. The fraction of sp³-hybridized carbons (Fsp3) is 0.863. The molecule has 0 saturated carbocycles. The second kappa shape index (κ2) is 41.3. The zero-order valence-electron chi connectivity index (χ0n) is 37.1. The van der Waals surface area contributed by atoms with Gasteiger partial charge in [-0.05, 0) is 49.8 Å². The molecule has 0 heterocycles. The van der Waals surface area contributed by atoms with Crippen molar-refractivity contribution in [2.45, 2.75) is 265 Å². The minimum absolute atomic E-state index is 0.732. The molecule has 0 saturated heterocycles. The predicted octanol–water partition coefficient (Wildman–Crippen LogP) is 17.7. The average molecular weight is 756 g/mol. The van der Waals surface area contributed by atoms with E-state index in [2.05, 4.69) is 39.8 Å². The molecule has 1 aromatic rings. The summed E-state index contributed by atoms with van der Waals surface area (Å²) in [7, 11) is 0. The van der Waals surface area contributed by atoms with Crippen LogP contribution in [0.1, 0.15) is 264 Å². The first kappa shape index (κ1) is 50.6. The molecule has 0 spiro atoms. The molecule has 0 aliphatic heterocycles. The van der Waals surface area contributed by atoms with Gasteiger partial charge in [0.15, 0.2) is 11.5 Å². The second-order valence-corrected chi connectivity index (χ2v) is 16.7. The molecule has 0 aliphatic carbocycles. The number of benzene rings is 1. The van der Waals surface area contributed by atoms with Gasteiger partial charge in [0.1, 0.15) is 0 Å². The van der Waals surface area contributed by atoms with Crippen molar-refractivity contribution in [3.63, 3.8) is 0 Å². The number of aryl methyl sites for hydroxylation is 1. The Morgan fingerprint density at radius 1 is 0.333 bits per heavy atom. The Bertz CT molecular complexity index is 830. The lowest BCUT2D eigenvalue weighted by Crippen LogP contribution is -2.07. The van der Waals surface area contributed by atoms with Crippen molar-refractivity contribution in [3.05, 3.63) is 24.6 Å². The van der Waals surface area contributed by atoms with Crippen molar-refractivity contribution >= 4 is 0 Å². The molecule has 0 amide bonds. The largest absolute Gasteiger partial charge is 0.490 e. The molecule has 0 bridgehead atoms. The molecule has 3 nitrogen and oxygen atoms in total. The van der Waals surface area contributed by atoms with E-state index in [-0.39, 0.29) is 0 Å². The van der Waals surface area contributed by atoms with Crippen LogP contribution in [0.15, 0.2) is 12.1 Å². The lowest BCUT2D eigenvalue weighted by molar-refractivity contribution is 0.234. The molecule has 317 valence electrons. The van der Waals surface area contributed by atoms with E-state index in [1.807, 2.05) is 0 Å². The summed E-state index contributed by atoms with van der Waals surface area (Å²) in [5, 5.41) is 0. The monoisotopic (exact) mass is 756 g/mol. The van der Waals surface area contributed by atoms with E-state index in [9.17, 15) is 0 Å². The van der Waals surface area contributed by atoms with Crippen LogP contribution in [0, 0.1) is 6.92 Å². The highest BCUT2D eigenvalue weighted by atomic mass is 16.5. The molecule has 0 N–H and O–H groups in total. The molecular weight excluding hydrogens is 661 g/mol. The highest BCUT2D eigenvalue weighted by molar-refractivity contribution is 5.54. The highest BCUT2D eigenvalue weighted by Crippen LogP contribution is 2.40. The van der Waals surface area contributed by atoms with Crippen LogP contribution in [0.2, 0.25) is 0 Å².